The van der Waals surface area contributed by atoms with Gasteiger partial charge in [-0.25, -0.2) is 0 Å². The highest BCUT2D eigenvalue weighted by Gasteiger charge is 2.10. The molecule has 1 atom stereocenters. The van der Waals surface area contributed by atoms with Crippen molar-refractivity contribution < 1.29 is 4.79 Å². The van der Waals surface area contributed by atoms with Gasteiger partial charge in [-0.15, -0.1) is 0 Å². The summed E-state index contributed by atoms with van der Waals surface area (Å²) in [6.07, 6.45) is 2.03. The molecule has 0 heterocycles. The molecule has 1 amide bonds. The van der Waals surface area contributed by atoms with Gasteiger partial charge < -0.3 is 10.2 Å². The first-order valence-electron chi connectivity index (χ1n) is 7.64. The molecule has 1 aromatic rings. The highest BCUT2D eigenvalue weighted by atomic mass is 16.1. The van der Waals surface area contributed by atoms with Crippen LogP contribution in [0.25, 0.3) is 0 Å². The van der Waals surface area contributed by atoms with Gasteiger partial charge in [0.05, 0.1) is 11.6 Å². The molecule has 0 spiro atoms. The van der Waals surface area contributed by atoms with Crippen molar-refractivity contribution in [3.05, 3.63) is 35.4 Å². The maximum atomic E-state index is 12.1. The first-order chi connectivity index (χ1) is 10.1. The molecule has 1 rings (SSSR count). The van der Waals surface area contributed by atoms with Crippen molar-refractivity contribution >= 4 is 5.91 Å². The number of benzene rings is 1. The summed E-state index contributed by atoms with van der Waals surface area (Å²) in [7, 11) is 0. The van der Waals surface area contributed by atoms with Gasteiger partial charge in [0, 0.05) is 11.6 Å². The first kappa shape index (κ1) is 17.2. The third-order valence-corrected chi connectivity index (χ3v) is 3.64. The molecule has 4 heteroatoms. The smallest absolute Gasteiger partial charge is 0.251 e. The van der Waals surface area contributed by atoms with E-state index in [1.54, 1.807) is 24.3 Å². The predicted octanol–water partition coefficient (Wildman–Crippen LogP) is 2.80. The van der Waals surface area contributed by atoms with Gasteiger partial charge in [-0.05, 0) is 57.6 Å². The normalized spacial score (nSPS) is 12.0. The number of carbonyl (C=O) groups is 1. The molecular formula is C17H25N3O. The maximum absolute atomic E-state index is 12.1. The number of hydrogen-bond acceptors (Lipinski definition) is 3. The Morgan fingerprint density at radius 1 is 1.38 bits per heavy atom. The summed E-state index contributed by atoms with van der Waals surface area (Å²) in [5, 5.41) is 11.8. The zero-order chi connectivity index (χ0) is 15.7. The summed E-state index contributed by atoms with van der Waals surface area (Å²) in [5.74, 6) is -0.109. The van der Waals surface area contributed by atoms with Crippen LogP contribution in [0.1, 0.15) is 49.5 Å². The molecule has 1 unspecified atom stereocenters. The van der Waals surface area contributed by atoms with Gasteiger partial charge in [-0.3, -0.25) is 4.79 Å². The van der Waals surface area contributed by atoms with Crippen LogP contribution in [0.2, 0.25) is 0 Å². The number of amides is 1. The van der Waals surface area contributed by atoms with Crippen molar-refractivity contribution in [3.8, 4) is 6.07 Å². The molecule has 114 valence electrons. The topological polar surface area (TPSA) is 56.1 Å². The molecule has 0 bridgehead atoms. The van der Waals surface area contributed by atoms with Crippen molar-refractivity contribution in [1.82, 2.24) is 10.2 Å². The standard InChI is InChI=1S/C17H25N3O/c1-4-20(5-2)11-7-8-14(3)19-17(21)16-10-6-9-15(12-16)13-18/h6,9-10,12,14H,4-5,7-8,11H2,1-3H3,(H,19,21). The third kappa shape index (κ3) is 5.97. The van der Waals surface area contributed by atoms with Crippen molar-refractivity contribution in [2.24, 2.45) is 0 Å². The van der Waals surface area contributed by atoms with Crippen LogP contribution in [0.15, 0.2) is 24.3 Å². The minimum Gasteiger partial charge on any atom is -0.350 e. The molecule has 0 saturated heterocycles. The van der Waals surface area contributed by atoms with E-state index >= 15 is 0 Å². The molecule has 4 nitrogen and oxygen atoms in total. The minimum absolute atomic E-state index is 0.109. The molecule has 0 aliphatic rings. The van der Waals surface area contributed by atoms with E-state index in [0.717, 1.165) is 32.5 Å². The molecule has 1 aromatic carbocycles. The van der Waals surface area contributed by atoms with Crippen LogP contribution in [0, 0.1) is 11.3 Å². The van der Waals surface area contributed by atoms with Crippen molar-refractivity contribution in [3.63, 3.8) is 0 Å². The Labute approximate surface area is 127 Å². The van der Waals surface area contributed by atoms with E-state index in [0.29, 0.717) is 11.1 Å². The summed E-state index contributed by atoms with van der Waals surface area (Å²) < 4.78 is 0. The predicted molar refractivity (Wildman–Crippen MR) is 85.1 cm³/mol. The Morgan fingerprint density at radius 3 is 2.71 bits per heavy atom. The summed E-state index contributed by atoms with van der Waals surface area (Å²) in [6, 6.07) is 8.98. The average molecular weight is 287 g/mol. The van der Waals surface area contributed by atoms with E-state index in [4.69, 9.17) is 5.26 Å². The van der Waals surface area contributed by atoms with Crippen LogP contribution in [0.5, 0.6) is 0 Å². The lowest BCUT2D eigenvalue weighted by molar-refractivity contribution is 0.0937. The zero-order valence-electron chi connectivity index (χ0n) is 13.2. The number of nitriles is 1. The monoisotopic (exact) mass is 287 g/mol. The summed E-state index contributed by atoms with van der Waals surface area (Å²) in [4.78, 5) is 14.5. The molecule has 0 radical (unpaired) electrons. The van der Waals surface area contributed by atoms with Gasteiger partial charge in [0.25, 0.3) is 5.91 Å². The van der Waals surface area contributed by atoms with Gasteiger partial charge in [0.1, 0.15) is 0 Å². The second-order valence-electron chi connectivity index (χ2n) is 5.24. The van der Waals surface area contributed by atoms with Crippen LogP contribution in [0.4, 0.5) is 0 Å². The number of carbonyl (C=O) groups excluding carboxylic acids is 1. The van der Waals surface area contributed by atoms with Crippen LogP contribution in [-0.2, 0) is 0 Å². The molecule has 0 aliphatic carbocycles. The van der Waals surface area contributed by atoms with Crippen molar-refractivity contribution in [2.75, 3.05) is 19.6 Å². The van der Waals surface area contributed by atoms with E-state index in [-0.39, 0.29) is 11.9 Å². The second-order valence-corrected chi connectivity index (χ2v) is 5.24. The molecule has 0 fully saturated rings. The number of rotatable bonds is 8. The molecule has 1 N–H and O–H groups in total. The van der Waals surface area contributed by atoms with Gasteiger partial charge in [0.15, 0.2) is 0 Å². The third-order valence-electron chi connectivity index (χ3n) is 3.64. The Bertz CT molecular complexity index is 489. The van der Waals surface area contributed by atoms with Crippen LogP contribution >= 0.6 is 0 Å². The Morgan fingerprint density at radius 2 is 2.10 bits per heavy atom. The fourth-order valence-corrected chi connectivity index (χ4v) is 2.27. The van der Waals surface area contributed by atoms with Gasteiger partial charge >= 0.3 is 0 Å². The van der Waals surface area contributed by atoms with Crippen molar-refractivity contribution in [2.45, 2.75) is 39.7 Å². The quantitative estimate of drug-likeness (QED) is 0.800. The fraction of sp³-hybridized carbons (Fsp3) is 0.529. The molecule has 0 aliphatic heterocycles. The number of hydrogen-bond donors (Lipinski definition) is 1. The Kier molecular flexibility index (Phi) is 7.49. The fourth-order valence-electron chi connectivity index (χ4n) is 2.27. The SMILES string of the molecule is CCN(CC)CCCC(C)NC(=O)c1cccc(C#N)c1. The second kappa shape index (κ2) is 9.15. The van der Waals surface area contributed by atoms with Gasteiger partial charge in [0.2, 0.25) is 0 Å². The molecule has 0 saturated carbocycles. The van der Waals surface area contributed by atoms with Crippen LogP contribution in [-0.4, -0.2) is 36.5 Å². The van der Waals surface area contributed by atoms with E-state index < -0.39 is 0 Å². The summed E-state index contributed by atoms with van der Waals surface area (Å²) >= 11 is 0. The zero-order valence-corrected chi connectivity index (χ0v) is 13.2. The largest absolute Gasteiger partial charge is 0.350 e. The molecule has 21 heavy (non-hydrogen) atoms. The Balaban J connectivity index is 2.41. The summed E-state index contributed by atoms with van der Waals surface area (Å²) in [6.45, 7) is 9.55. The minimum atomic E-state index is -0.109. The average Bonchev–Trinajstić information content (AvgIpc) is 2.51. The highest BCUT2D eigenvalue weighted by Crippen LogP contribution is 2.06. The van der Waals surface area contributed by atoms with E-state index in [1.807, 2.05) is 13.0 Å². The molecule has 0 aromatic heterocycles. The van der Waals surface area contributed by atoms with Crippen LogP contribution < -0.4 is 5.32 Å². The highest BCUT2D eigenvalue weighted by molar-refractivity contribution is 5.94. The summed E-state index contributed by atoms with van der Waals surface area (Å²) in [5.41, 5.74) is 1.06. The van der Waals surface area contributed by atoms with Gasteiger partial charge in [-0.1, -0.05) is 19.9 Å². The maximum Gasteiger partial charge on any atom is 0.251 e. The lowest BCUT2D eigenvalue weighted by Crippen LogP contribution is -2.33. The number of nitrogens with zero attached hydrogens (tertiary/aromatic N) is 2. The van der Waals surface area contributed by atoms with E-state index in [2.05, 4.69) is 24.1 Å². The van der Waals surface area contributed by atoms with Crippen LogP contribution in [0.3, 0.4) is 0 Å². The van der Waals surface area contributed by atoms with Gasteiger partial charge in [-0.2, -0.15) is 5.26 Å². The lowest BCUT2D eigenvalue weighted by atomic mass is 10.1. The first-order valence-corrected chi connectivity index (χ1v) is 7.64. The van der Waals surface area contributed by atoms with E-state index in [9.17, 15) is 4.79 Å². The molecular weight excluding hydrogens is 262 g/mol. The van der Waals surface area contributed by atoms with Crippen molar-refractivity contribution in [1.29, 1.82) is 5.26 Å². The Hall–Kier alpha value is -1.86. The van der Waals surface area contributed by atoms with E-state index in [1.165, 1.54) is 0 Å². The number of nitrogens with one attached hydrogen (secondary N) is 1. The lowest BCUT2D eigenvalue weighted by Gasteiger charge is -2.19.